The molecule has 1 aromatic rings. The normalized spacial score (nSPS) is 36.3. The summed E-state index contributed by atoms with van der Waals surface area (Å²) < 4.78 is 13.0. The Bertz CT molecular complexity index is 672. The van der Waals surface area contributed by atoms with Crippen molar-refractivity contribution in [3.63, 3.8) is 0 Å². The van der Waals surface area contributed by atoms with Gasteiger partial charge in [0.1, 0.15) is 5.82 Å². The van der Waals surface area contributed by atoms with Crippen LogP contribution in [-0.2, 0) is 11.2 Å². The van der Waals surface area contributed by atoms with Gasteiger partial charge in [-0.25, -0.2) is 4.39 Å². The molecule has 5 fully saturated rings. The molecule has 1 heterocycles. The van der Waals surface area contributed by atoms with Crippen molar-refractivity contribution in [2.75, 3.05) is 19.6 Å². The summed E-state index contributed by atoms with van der Waals surface area (Å²) >= 11 is 0. The van der Waals surface area contributed by atoms with Gasteiger partial charge in [-0.1, -0.05) is 12.1 Å². The summed E-state index contributed by atoms with van der Waals surface area (Å²) in [6.45, 7) is 2.99. The lowest BCUT2D eigenvalue weighted by Crippen LogP contribution is -2.55. The third kappa shape index (κ3) is 3.95. The van der Waals surface area contributed by atoms with Gasteiger partial charge in [-0.15, -0.1) is 12.4 Å². The van der Waals surface area contributed by atoms with Crippen molar-refractivity contribution in [2.45, 2.75) is 57.4 Å². The maximum absolute atomic E-state index is 13.2. The number of benzene rings is 1. The number of halogens is 2. The van der Waals surface area contributed by atoms with Crippen molar-refractivity contribution in [3.8, 4) is 0 Å². The minimum absolute atomic E-state index is 0. The molecular weight excluding hydrogens is 375 g/mol. The molecule has 1 N–H and O–H groups in total. The monoisotopic (exact) mass is 406 g/mol. The Morgan fingerprint density at radius 2 is 1.68 bits per heavy atom. The molecule has 1 saturated heterocycles. The molecule has 154 valence electrons. The highest BCUT2D eigenvalue weighted by Crippen LogP contribution is 2.60. The van der Waals surface area contributed by atoms with Crippen molar-refractivity contribution in [2.24, 2.45) is 23.2 Å². The van der Waals surface area contributed by atoms with Gasteiger partial charge in [0.05, 0.1) is 0 Å². The summed E-state index contributed by atoms with van der Waals surface area (Å²) in [6.07, 6.45) is 9.58. The van der Waals surface area contributed by atoms with Gasteiger partial charge in [-0.3, -0.25) is 4.79 Å². The molecule has 5 aliphatic rings. The number of hydrogen-bond acceptors (Lipinski definition) is 2. The molecule has 0 unspecified atom stereocenters. The Kier molecular flexibility index (Phi) is 5.72. The van der Waals surface area contributed by atoms with E-state index < -0.39 is 0 Å². The maximum atomic E-state index is 13.2. The average Bonchev–Trinajstić information content (AvgIpc) is 3.07. The summed E-state index contributed by atoms with van der Waals surface area (Å²) in [7, 11) is 0. The highest BCUT2D eigenvalue weighted by atomic mass is 35.5. The summed E-state index contributed by atoms with van der Waals surface area (Å²) in [6, 6.07) is 7.12. The van der Waals surface area contributed by atoms with E-state index in [2.05, 4.69) is 10.2 Å². The minimum Gasteiger partial charge on any atom is -0.352 e. The predicted octanol–water partition coefficient (Wildman–Crippen LogP) is 4.20. The second-order valence-electron chi connectivity index (χ2n) is 9.83. The Balaban J connectivity index is 0.00000192. The van der Waals surface area contributed by atoms with Crippen LogP contribution in [0.15, 0.2) is 24.3 Å². The van der Waals surface area contributed by atoms with Crippen LogP contribution in [0.2, 0.25) is 0 Å². The standard InChI is InChI=1S/C23H31FN2O.ClH/c24-20-3-1-16(2-4-20)5-7-26-8-6-21(15-26)25-22(27)23-12-17-9-18(13-23)11-19(10-17)14-23;/h1-4,17-19,21H,5-15H2,(H,25,27);1H/t17?,18?,19?,21-,23?;/m0./s1. The number of rotatable bonds is 5. The number of carbonyl (C=O) groups excluding carboxylic acids is 1. The van der Waals surface area contributed by atoms with Crippen LogP contribution < -0.4 is 5.32 Å². The fourth-order valence-corrected chi connectivity index (χ4v) is 6.82. The first-order valence-corrected chi connectivity index (χ1v) is 10.9. The van der Waals surface area contributed by atoms with Crippen molar-refractivity contribution in [1.29, 1.82) is 0 Å². The van der Waals surface area contributed by atoms with E-state index >= 15 is 0 Å². The van der Waals surface area contributed by atoms with Gasteiger partial charge < -0.3 is 10.2 Å². The van der Waals surface area contributed by atoms with Gasteiger partial charge in [0.15, 0.2) is 0 Å². The number of carbonyl (C=O) groups is 1. The molecule has 1 aromatic carbocycles. The molecule has 5 heteroatoms. The van der Waals surface area contributed by atoms with E-state index in [1.54, 1.807) is 0 Å². The Hall–Kier alpha value is -1.13. The van der Waals surface area contributed by atoms with Crippen molar-refractivity contribution in [1.82, 2.24) is 10.2 Å². The molecule has 1 amide bonds. The minimum atomic E-state index is -0.174. The lowest BCUT2D eigenvalue weighted by molar-refractivity contribution is -0.146. The molecule has 0 aromatic heterocycles. The van der Waals surface area contributed by atoms with E-state index in [1.165, 1.54) is 37.0 Å². The third-order valence-corrected chi connectivity index (χ3v) is 7.76. The first-order valence-electron chi connectivity index (χ1n) is 10.9. The topological polar surface area (TPSA) is 32.3 Å². The van der Waals surface area contributed by atoms with E-state index in [9.17, 15) is 9.18 Å². The van der Waals surface area contributed by atoms with Gasteiger partial charge in [-0.05, 0) is 86.8 Å². The first kappa shape index (κ1) is 20.2. The van der Waals surface area contributed by atoms with Crippen LogP contribution in [0.1, 0.15) is 50.5 Å². The van der Waals surface area contributed by atoms with Crippen molar-refractivity contribution in [3.05, 3.63) is 35.6 Å². The lowest BCUT2D eigenvalue weighted by atomic mass is 9.49. The molecule has 4 bridgehead atoms. The number of nitrogens with zero attached hydrogens (tertiary/aromatic N) is 1. The fourth-order valence-electron chi connectivity index (χ4n) is 6.82. The molecule has 3 nitrogen and oxygen atoms in total. The van der Waals surface area contributed by atoms with Crippen LogP contribution in [0.5, 0.6) is 0 Å². The van der Waals surface area contributed by atoms with E-state index in [0.717, 1.165) is 69.5 Å². The zero-order valence-corrected chi connectivity index (χ0v) is 17.4. The third-order valence-electron chi connectivity index (χ3n) is 7.76. The van der Waals surface area contributed by atoms with E-state index in [4.69, 9.17) is 0 Å². The Morgan fingerprint density at radius 1 is 1.07 bits per heavy atom. The summed E-state index contributed by atoms with van der Waals surface area (Å²) in [5.74, 6) is 2.65. The zero-order valence-electron chi connectivity index (χ0n) is 16.5. The number of hydrogen-bond donors (Lipinski definition) is 1. The quantitative estimate of drug-likeness (QED) is 0.794. The van der Waals surface area contributed by atoms with E-state index in [0.29, 0.717) is 11.9 Å². The zero-order chi connectivity index (χ0) is 18.4. The largest absolute Gasteiger partial charge is 0.352 e. The van der Waals surface area contributed by atoms with Crippen LogP contribution in [0, 0.1) is 29.0 Å². The molecule has 28 heavy (non-hydrogen) atoms. The van der Waals surface area contributed by atoms with Gasteiger partial charge in [0.25, 0.3) is 0 Å². The number of nitrogens with one attached hydrogen (secondary N) is 1. The van der Waals surface area contributed by atoms with Gasteiger partial charge >= 0.3 is 0 Å². The molecule has 4 saturated carbocycles. The summed E-state index contributed by atoms with van der Waals surface area (Å²) in [4.78, 5) is 15.6. The highest BCUT2D eigenvalue weighted by Gasteiger charge is 2.54. The Morgan fingerprint density at radius 3 is 2.29 bits per heavy atom. The van der Waals surface area contributed by atoms with Gasteiger partial charge in [0.2, 0.25) is 5.91 Å². The van der Waals surface area contributed by atoms with Crippen LogP contribution in [-0.4, -0.2) is 36.5 Å². The molecule has 0 radical (unpaired) electrons. The van der Waals surface area contributed by atoms with Crippen LogP contribution in [0.3, 0.4) is 0 Å². The molecule has 4 aliphatic carbocycles. The van der Waals surface area contributed by atoms with E-state index in [-0.39, 0.29) is 23.6 Å². The van der Waals surface area contributed by atoms with E-state index in [1.807, 2.05) is 12.1 Å². The van der Waals surface area contributed by atoms with Crippen LogP contribution in [0.4, 0.5) is 4.39 Å². The molecule has 0 spiro atoms. The van der Waals surface area contributed by atoms with Crippen LogP contribution in [0.25, 0.3) is 0 Å². The Labute approximate surface area is 173 Å². The smallest absolute Gasteiger partial charge is 0.226 e. The van der Waals surface area contributed by atoms with Gasteiger partial charge in [0, 0.05) is 31.1 Å². The van der Waals surface area contributed by atoms with Gasteiger partial charge in [-0.2, -0.15) is 0 Å². The first-order chi connectivity index (χ1) is 13.1. The SMILES string of the molecule is Cl.O=C(N[C@H]1CCN(CCc2ccc(F)cc2)C1)C12CC3CC(CC(C3)C1)C2. The number of likely N-dealkylation sites (tertiary alicyclic amines) is 1. The molecule has 6 rings (SSSR count). The predicted molar refractivity (Wildman–Crippen MR) is 111 cm³/mol. The second-order valence-corrected chi connectivity index (χ2v) is 9.83. The molecule has 1 aliphatic heterocycles. The van der Waals surface area contributed by atoms with Crippen molar-refractivity contribution >= 4 is 18.3 Å². The average molecular weight is 407 g/mol. The van der Waals surface area contributed by atoms with Crippen LogP contribution >= 0.6 is 12.4 Å². The molecule has 1 atom stereocenters. The summed E-state index contributed by atoms with van der Waals surface area (Å²) in [5, 5.41) is 3.44. The lowest BCUT2D eigenvalue weighted by Gasteiger charge is -2.55. The second kappa shape index (κ2) is 7.95. The number of amides is 1. The maximum Gasteiger partial charge on any atom is 0.226 e. The highest BCUT2D eigenvalue weighted by molar-refractivity contribution is 5.85. The summed E-state index contributed by atoms with van der Waals surface area (Å²) in [5.41, 5.74) is 1.15. The fraction of sp³-hybridized carbons (Fsp3) is 0.696. The molecular formula is C23H32ClFN2O. The van der Waals surface area contributed by atoms with Crippen molar-refractivity contribution < 1.29 is 9.18 Å².